The molecule has 1 saturated carbocycles. The number of nitrogens with one attached hydrogen (secondary N) is 1. The van der Waals surface area contributed by atoms with E-state index in [0.717, 1.165) is 25.4 Å². The fraction of sp³-hybridized carbons (Fsp3) is 0.812. The number of rotatable bonds is 8. The van der Waals surface area contributed by atoms with Gasteiger partial charge < -0.3 is 9.30 Å². The smallest absolute Gasteiger partial charge is 0.110 e. The Labute approximate surface area is 128 Å². The van der Waals surface area contributed by atoms with Gasteiger partial charge in [0.25, 0.3) is 0 Å². The summed E-state index contributed by atoms with van der Waals surface area (Å²) in [5.74, 6) is 7.55. The van der Waals surface area contributed by atoms with E-state index in [-0.39, 0.29) is 12.1 Å². The highest BCUT2D eigenvalue weighted by atomic mass is 16.5. The zero-order valence-electron chi connectivity index (χ0n) is 13.4. The summed E-state index contributed by atoms with van der Waals surface area (Å²) in [6.45, 7) is 5.88. The van der Waals surface area contributed by atoms with E-state index in [0.29, 0.717) is 5.92 Å². The molecule has 1 heterocycles. The van der Waals surface area contributed by atoms with Gasteiger partial charge in [-0.25, -0.2) is 4.98 Å². The first-order valence-corrected chi connectivity index (χ1v) is 8.37. The molecule has 0 spiro atoms. The average Bonchev–Trinajstić information content (AvgIpc) is 2.98. The molecule has 0 saturated heterocycles. The Morgan fingerprint density at radius 3 is 2.76 bits per heavy atom. The number of aromatic nitrogens is 2. The first-order chi connectivity index (χ1) is 10.3. The van der Waals surface area contributed by atoms with E-state index >= 15 is 0 Å². The Morgan fingerprint density at radius 2 is 2.14 bits per heavy atom. The fourth-order valence-corrected chi connectivity index (χ4v) is 3.52. The summed E-state index contributed by atoms with van der Waals surface area (Å²) in [7, 11) is 0. The molecule has 21 heavy (non-hydrogen) atoms. The van der Waals surface area contributed by atoms with Crippen molar-refractivity contribution in [2.45, 2.75) is 71.1 Å². The Bertz CT molecular complexity index is 401. The minimum absolute atomic E-state index is 0.126. The molecule has 0 aliphatic heterocycles. The first-order valence-electron chi connectivity index (χ1n) is 8.37. The van der Waals surface area contributed by atoms with Crippen LogP contribution in [-0.4, -0.2) is 28.3 Å². The van der Waals surface area contributed by atoms with Crippen LogP contribution in [0.3, 0.4) is 0 Å². The van der Waals surface area contributed by atoms with Crippen molar-refractivity contribution in [3.8, 4) is 0 Å². The van der Waals surface area contributed by atoms with Crippen LogP contribution in [0.15, 0.2) is 12.4 Å². The van der Waals surface area contributed by atoms with Crippen molar-refractivity contribution in [2.24, 2.45) is 11.8 Å². The van der Waals surface area contributed by atoms with Crippen molar-refractivity contribution in [1.82, 2.24) is 15.0 Å². The second kappa shape index (κ2) is 8.51. The molecule has 0 radical (unpaired) electrons. The summed E-state index contributed by atoms with van der Waals surface area (Å²) in [4.78, 5) is 4.47. The van der Waals surface area contributed by atoms with Crippen molar-refractivity contribution in [3.63, 3.8) is 0 Å². The van der Waals surface area contributed by atoms with Crippen LogP contribution in [0.1, 0.15) is 51.8 Å². The number of nitrogens with two attached hydrogens (primary N) is 1. The SMILES string of the molecule is CCOC(C1CCCCC1)C(Cc1nccn1CC)NN. The fourth-order valence-electron chi connectivity index (χ4n) is 3.52. The van der Waals surface area contributed by atoms with Gasteiger partial charge in [0.1, 0.15) is 5.82 Å². The molecule has 1 aliphatic rings. The Morgan fingerprint density at radius 1 is 1.38 bits per heavy atom. The molecule has 0 aromatic carbocycles. The third-order valence-electron chi connectivity index (χ3n) is 4.63. The van der Waals surface area contributed by atoms with Crippen LogP contribution >= 0.6 is 0 Å². The maximum atomic E-state index is 6.08. The molecule has 120 valence electrons. The average molecular weight is 294 g/mol. The van der Waals surface area contributed by atoms with Gasteiger partial charge in [-0.15, -0.1) is 0 Å². The number of hydrogen-bond acceptors (Lipinski definition) is 4. The summed E-state index contributed by atoms with van der Waals surface area (Å²) in [5.41, 5.74) is 3.00. The molecule has 1 aromatic rings. The van der Waals surface area contributed by atoms with E-state index in [1.165, 1.54) is 32.1 Å². The lowest BCUT2D eigenvalue weighted by Crippen LogP contribution is -2.50. The molecule has 0 bridgehead atoms. The maximum Gasteiger partial charge on any atom is 0.110 e. The molecular weight excluding hydrogens is 264 g/mol. The molecule has 5 nitrogen and oxygen atoms in total. The summed E-state index contributed by atoms with van der Waals surface area (Å²) >= 11 is 0. The molecule has 2 rings (SSSR count). The van der Waals surface area contributed by atoms with Crippen LogP contribution in [-0.2, 0) is 17.7 Å². The molecule has 2 unspecified atom stereocenters. The number of ether oxygens (including phenoxy) is 1. The molecule has 0 amide bonds. The standard InChI is InChI=1S/C16H30N4O/c1-3-20-11-10-18-15(20)12-14(19-17)16(21-4-2)13-8-6-5-7-9-13/h10-11,13-14,16,19H,3-9,12,17H2,1-2H3. The molecular formula is C16H30N4O. The molecule has 1 fully saturated rings. The van der Waals surface area contributed by atoms with Gasteiger partial charge in [-0.1, -0.05) is 19.3 Å². The van der Waals surface area contributed by atoms with Gasteiger partial charge in [0.2, 0.25) is 0 Å². The minimum atomic E-state index is 0.126. The van der Waals surface area contributed by atoms with Crippen LogP contribution in [0.5, 0.6) is 0 Å². The van der Waals surface area contributed by atoms with Crippen molar-refractivity contribution < 1.29 is 4.74 Å². The summed E-state index contributed by atoms with van der Waals surface area (Å²) in [6.07, 6.45) is 11.4. The van der Waals surface area contributed by atoms with Crippen molar-refractivity contribution in [2.75, 3.05) is 6.61 Å². The lowest BCUT2D eigenvalue weighted by Gasteiger charge is -2.35. The number of aryl methyl sites for hydroxylation is 1. The molecule has 1 aliphatic carbocycles. The minimum Gasteiger partial charge on any atom is -0.377 e. The van der Waals surface area contributed by atoms with E-state index in [1.807, 2.05) is 12.4 Å². The van der Waals surface area contributed by atoms with Crippen molar-refractivity contribution in [3.05, 3.63) is 18.2 Å². The van der Waals surface area contributed by atoms with Crippen LogP contribution in [0.25, 0.3) is 0 Å². The summed E-state index contributed by atoms with van der Waals surface area (Å²) < 4.78 is 8.25. The second-order valence-corrected chi connectivity index (χ2v) is 5.92. The van der Waals surface area contributed by atoms with Crippen molar-refractivity contribution >= 4 is 0 Å². The van der Waals surface area contributed by atoms with E-state index in [1.54, 1.807) is 0 Å². The van der Waals surface area contributed by atoms with E-state index in [2.05, 4.69) is 28.8 Å². The Hall–Kier alpha value is -0.910. The highest BCUT2D eigenvalue weighted by Gasteiger charge is 2.31. The number of hydrogen-bond donors (Lipinski definition) is 2. The van der Waals surface area contributed by atoms with Gasteiger partial charge >= 0.3 is 0 Å². The molecule has 2 atom stereocenters. The number of hydrazine groups is 1. The van der Waals surface area contributed by atoms with Crippen LogP contribution in [0, 0.1) is 5.92 Å². The first kappa shape index (κ1) is 16.5. The second-order valence-electron chi connectivity index (χ2n) is 5.92. The zero-order valence-corrected chi connectivity index (χ0v) is 13.4. The highest BCUT2D eigenvalue weighted by molar-refractivity contribution is 4.98. The predicted molar refractivity (Wildman–Crippen MR) is 84.7 cm³/mol. The number of nitrogens with zero attached hydrogens (tertiary/aromatic N) is 2. The van der Waals surface area contributed by atoms with Crippen LogP contribution in [0.2, 0.25) is 0 Å². The monoisotopic (exact) mass is 294 g/mol. The van der Waals surface area contributed by atoms with Gasteiger partial charge in [-0.05, 0) is 32.6 Å². The summed E-state index contributed by atoms with van der Waals surface area (Å²) in [6, 6.07) is 0.126. The van der Waals surface area contributed by atoms with E-state index < -0.39 is 0 Å². The third kappa shape index (κ3) is 4.28. The molecule has 3 N–H and O–H groups in total. The summed E-state index contributed by atoms with van der Waals surface area (Å²) in [5, 5.41) is 0. The normalized spacial score (nSPS) is 19.6. The molecule has 5 heteroatoms. The predicted octanol–water partition coefficient (Wildman–Crippen LogP) is 2.26. The van der Waals surface area contributed by atoms with E-state index in [9.17, 15) is 0 Å². The van der Waals surface area contributed by atoms with Gasteiger partial charge in [0.15, 0.2) is 0 Å². The lowest BCUT2D eigenvalue weighted by atomic mass is 9.82. The van der Waals surface area contributed by atoms with Gasteiger partial charge in [0, 0.05) is 32.0 Å². The quantitative estimate of drug-likeness (QED) is 0.570. The number of imidazole rings is 1. The lowest BCUT2D eigenvalue weighted by molar-refractivity contribution is -0.0180. The maximum absolute atomic E-state index is 6.08. The van der Waals surface area contributed by atoms with Crippen molar-refractivity contribution in [1.29, 1.82) is 0 Å². The van der Waals surface area contributed by atoms with Gasteiger partial charge in [-0.3, -0.25) is 11.3 Å². The topological polar surface area (TPSA) is 65.1 Å². The van der Waals surface area contributed by atoms with E-state index in [4.69, 9.17) is 10.6 Å². The van der Waals surface area contributed by atoms with Gasteiger partial charge in [-0.2, -0.15) is 0 Å². The third-order valence-corrected chi connectivity index (χ3v) is 4.63. The van der Waals surface area contributed by atoms with Crippen LogP contribution in [0.4, 0.5) is 0 Å². The molecule has 1 aromatic heterocycles. The largest absolute Gasteiger partial charge is 0.377 e. The zero-order chi connectivity index (χ0) is 15.1. The Balaban J connectivity index is 2.07. The highest BCUT2D eigenvalue weighted by Crippen LogP contribution is 2.30. The Kier molecular flexibility index (Phi) is 6.67. The van der Waals surface area contributed by atoms with Crippen LogP contribution < -0.4 is 11.3 Å². The van der Waals surface area contributed by atoms with Gasteiger partial charge in [0.05, 0.1) is 12.1 Å².